The predicted molar refractivity (Wildman–Crippen MR) is 187 cm³/mol. The molecule has 0 aromatic heterocycles. The highest BCUT2D eigenvalue weighted by atomic mass is 15.2. The summed E-state index contributed by atoms with van der Waals surface area (Å²) < 4.78 is 0. The fourth-order valence-electron chi connectivity index (χ4n) is 6.78. The van der Waals surface area contributed by atoms with E-state index in [-0.39, 0.29) is 12.8 Å². The highest BCUT2D eigenvalue weighted by molar-refractivity contribution is 7.00. The van der Waals surface area contributed by atoms with Gasteiger partial charge in [-0.05, 0) is 83.7 Å². The number of hydrogen-bond donors (Lipinski definition) is 0. The summed E-state index contributed by atoms with van der Waals surface area (Å²) in [6.07, 6.45) is 13.0. The molecule has 0 amide bonds. The first-order valence-corrected chi connectivity index (χ1v) is 15.2. The van der Waals surface area contributed by atoms with Crippen molar-refractivity contribution in [3.63, 3.8) is 0 Å². The minimum absolute atomic E-state index is 0.135. The first-order valence-electron chi connectivity index (χ1n) is 15.2. The third-order valence-electron chi connectivity index (χ3n) is 8.68. The molecule has 7 rings (SSSR count). The first kappa shape index (κ1) is 26.9. The van der Waals surface area contributed by atoms with Gasteiger partial charge in [-0.3, -0.25) is 0 Å². The fourth-order valence-corrected chi connectivity index (χ4v) is 6.78. The van der Waals surface area contributed by atoms with Crippen LogP contribution in [0.2, 0.25) is 0 Å². The van der Waals surface area contributed by atoms with Gasteiger partial charge in [-0.15, -0.1) is 0 Å². The van der Waals surface area contributed by atoms with Gasteiger partial charge in [-0.1, -0.05) is 121 Å². The second-order valence-electron chi connectivity index (χ2n) is 11.3. The van der Waals surface area contributed by atoms with Crippen LogP contribution in [0.15, 0.2) is 152 Å². The normalized spacial score (nSPS) is 14.3. The Morgan fingerprint density at radius 3 is 1.79 bits per heavy atom. The van der Waals surface area contributed by atoms with Crippen LogP contribution in [-0.4, -0.2) is 12.8 Å². The number of fused-ring (bicyclic) bond motifs is 4. The fraction of sp³-hybridized carbons (Fsp3) is 0.100. The summed E-state index contributed by atoms with van der Waals surface area (Å²) in [5.41, 5.74) is 14.0. The Balaban J connectivity index is 1.49. The van der Waals surface area contributed by atoms with Crippen LogP contribution < -0.4 is 26.2 Å². The maximum atomic E-state index is 2.54. The minimum Gasteiger partial charge on any atom is -0.336 e. The standard InChI is InChI=1S/C40H35BN2/c1-4-6-9-15-29(3)43-37-21-14-20-36-40(37)41(35-25-23-33(28-39(35)43)31-18-12-8-13-19-31)34-24-22-32(30-16-10-7-11-17-30)27-38(34)42(36)26-5-2/h4-29H,1-3H3/b6-4-,15-9-,26-5+. The van der Waals surface area contributed by atoms with Crippen molar-refractivity contribution in [3.8, 4) is 22.3 Å². The lowest BCUT2D eigenvalue weighted by atomic mass is 9.33. The molecule has 5 aromatic carbocycles. The number of allylic oxidation sites excluding steroid dienone is 4. The number of rotatable bonds is 6. The van der Waals surface area contributed by atoms with Crippen LogP contribution in [0.5, 0.6) is 0 Å². The van der Waals surface area contributed by atoms with Crippen molar-refractivity contribution in [1.29, 1.82) is 0 Å². The highest BCUT2D eigenvalue weighted by Crippen LogP contribution is 2.40. The van der Waals surface area contributed by atoms with Crippen LogP contribution in [0.4, 0.5) is 22.7 Å². The van der Waals surface area contributed by atoms with E-state index in [0.29, 0.717) is 0 Å². The quantitative estimate of drug-likeness (QED) is 0.153. The van der Waals surface area contributed by atoms with Crippen molar-refractivity contribution in [3.05, 3.63) is 152 Å². The number of nitrogens with zero attached hydrogens (tertiary/aromatic N) is 2. The maximum absolute atomic E-state index is 2.54. The van der Waals surface area contributed by atoms with E-state index in [9.17, 15) is 0 Å². The summed E-state index contributed by atoms with van der Waals surface area (Å²) in [5.74, 6) is 0. The summed E-state index contributed by atoms with van der Waals surface area (Å²) in [5, 5.41) is 0. The van der Waals surface area contributed by atoms with Gasteiger partial charge in [0.05, 0.1) is 0 Å². The molecule has 0 fully saturated rings. The Kier molecular flexibility index (Phi) is 7.08. The maximum Gasteiger partial charge on any atom is 0.252 e. The van der Waals surface area contributed by atoms with Gasteiger partial charge in [0.2, 0.25) is 0 Å². The van der Waals surface area contributed by atoms with Gasteiger partial charge < -0.3 is 9.80 Å². The summed E-state index contributed by atoms with van der Waals surface area (Å²) in [4.78, 5) is 4.92. The van der Waals surface area contributed by atoms with Gasteiger partial charge in [-0.25, -0.2) is 0 Å². The molecule has 0 saturated heterocycles. The van der Waals surface area contributed by atoms with E-state index in [0.717, 1.165) is 0 Å². The van der Waals surface area contributed by atoms with Crippen LogP contribution in [0.1, 0.15) is 20.8 Å². The molecule has 2 heterocycles. The smallest absolute Gasteiger partial charge is 0.252 e. The zero-order chi connectivity index (χ0) is 29.3. The van der Waals surface area contributed by atoms with E-state index in [1.54, 1.807) is 0 Å². The van der Waals surface area contributed by atoms with Crippen molar-refractivity contribution in [1.82, 2.24) is 0 Å². The van der Waals surface area contributed by atoms with Gasteiger partial charge in [-0.2, -0.15) is 0 Å². The molecule has 3 heteroatoms. The molecule has 2 nitrogen and oxygen atoms in total. The first-order chi connectivity index (χ1) is 21.2. The zero-order valence-electron chi connectivity index (χ0n) is 25.0. The molecule has 1 unspecified atom stereocenters. The SMILES string of the molecule is C/C=C\C=C/C(C)N1c2cc(-c3ccccc3)ccc2B2c3ccc(-c4ccccc4)cc3N(/C=C/C)c3cccc1c32. The molecule has 0 spiro atoms. The second kappa shape index (κ2) is 11.3. The third-order valence-corrected chi connectivity index (χ3v) is 8.68. The molecule has 5 aromatic rings. The average Bonchev–Trinajstić information content (AvgIpc) is 3.06. The molecular weight excluding hydrogens is 519 g/mol. The summed E-state index contributed by atoms with van der Waals surface area (Å²) in [7, 11) is 0. The Hall–Kier alpha value is -5.02. The van der Waals surface area contributed by atoms with Gasteiger partial charge in [0.15, 0.2) is 0 Å². The molecule has 2 aliphatic heterocycles. The second-order valence-corrected chi connectivity index (χ2v) is 11.3. The molecule has 1 atom stereocenters. The highest BCUT2D eigenvalue weighted by Gasteiger charge is 2.42. The molecule has 0 radical (unpaired) electrons. The number of hydrogen-bond acceptors (Lipinski definition) is 2. The molecule has 43 heavy (non-hydrogen) atoms. The Morgan fingerprint density at radius 1 is 0.558 bits per heavy atom. The number of anilines is 4. The van der Waals surface area contributed by atoms with Gasteiger partial charge >= 0.3 is 0 Å². The van der Waals surface area contributed by atoms with E-state index >= 15 is 0 Å². The lowest BCUT2D eigenvalue weighted by Crippen LogP contribution is -2.62. The molecule has 0 aliphatic carbocycles. The molecule has 208 valence electrons. The third kappa shape index (κ3) is 4.62. The molecule has 2 aliphatic rings. The Bertz CT molecular complexity index is 1870. The van der Waals surface area contributed by atoms with Crippen LogP contribution in [0, 0.1) is 0 Å². The van der Waals surface area contributed by atoms with E-state index in [1.165, 1.54) is 61.4 Å². The largest absolute Gasteiger partial charge is 0.336 e. The monoisotopic (exact) mass is 554 g/mol. The Labute approximate surface area is 256 Å². The van der Waals surface area contributed by atoms with Crippen molar-refractivity contribution in [2.45, 2.75) is 26.8 Å². The van der Waals surface area contributed by atoms with E-state index in [1.807, 2.05) is 0 Å². The predicted octanol–water partition coefficient (Wildman–Crippen LogP) is 8.49. The van der Waals surface area contributed by atoms with Gasteiger partial charge in [0.1, 0.15) is 0 Å². The van der Waals surface area contributed by atoms with E-state index in [2.05, 4.69) is 182 Å². The van der Waals surface area contributed by atoms with E-state index < -0.39 is 0 Å². The summed E-state index contributed by atoms with van der Waals surface area (Å²) in [6, 6.07) is 42.5. The minimum atomic E-state index is 0.135. The van der Waals surface area contributed by atoms with Crippen LogP contribution in [0.25, 0.3) is 22.3 Å². The summed E-state index contributed by atoms with van der Waals surface area (Å²) >= 11 is 0. The van der Waals surface area contributed by atoms with Gasteiger partial charge in [0, 0.05) is 35.0 Å². The van der Waals surface area contributed by atoms with Crippen LogP contribution >= 0.6 is 0 Å². The number of benzene rings is 5. The van der Waals surface area contributed by atoms with Crippen LogP contribution in [-0.2, 0) is 0 Å². The molecule has 0 bridgehead atoms. The van der Waals surface area contributed by atoms with Crippen molar-refractivity contribution in [2.75, 3.05) is 9.80 Å². The Morgan fingerprint density at radius 2 is 1.16 bits per heavy atom. The average molecular weight is 555 g/mol. The topological polar surface area (TPSA) is 6.48 Å². The van der Waals surface area contributed by atoms with Crippen molar-refractivity contribution in [2.24, 2.45) is 0 Å². The summed E-state index contributed by atoms with van der Waals surface area (Å²) in [6.45, 7) is 6.59. The van der Waals surface area contributed by atoms with Crippen LogP contribution in [0.3, 0.4) is 0 Å². The lowest BCUT2D eigenvalue weighted by molar-refractivity contribution is 0.867. The zero-order valence-corrected chi connectivity index (χ0v) is 25.0. The van der Waals surface area contributed by atoms with Crippen molar-refractivity contribution >= 4 is 45.9 Å². The molecule has 0 N–H and O–H groups in total. The molecular formula is C40H35BN2. The van der Waals surface area contributed by atoms with E-state index in [4.69, 9.17) is 0 Å². The van der Waals surface area contributed by atoms with Gasteiger partial charge in [0.25, 0.3) is 6.71 Å². The molecule has 0 saturated carbocycles. The lowest BCUT2D eigenvalue weighted by Gasteiger charge is -2.45. The van der Waals surface area contributed by atoms with Crippen molar-refractivity contribution < 1.29 is 0 Å².